The monoisotopic (exact) mass is 297 g/mol. The highest BCUT2D eigenvalue weighted by Gasteiger charge is 2.12. The van der Waals surface area contributed by atoms with Gasteiger partial charge in [-0.25, -0.2) is 10.2 Å². The summed E-state index contributed by atoms with van der Waals surface area (Å²) in [5.74, 6) is 0. The Kier molecular flexibility index (Phi) is 4.69. The summed E-state index contributed by atoms with van der Waals surface area (Å²) >= 11 is 3.35. The number of carbonyl (C=O) groups excluding carboxylic acids is 1. The lowest BCUT2D eigenvalue weighted by molar-refractivity contribution is 0.232. The van der Waals surface area contributed by atoms with E-state index in [0.717, 1.165) is 10.0 Å². The molecule has 5 heteroatoms. The van der Waals surface area contributed by atoms with E-state index in [1.807, 2.05) is 45.0 Å². The van der Waals surface area contributed by atoms with E-state index in [4.69, 9.17) is 0 Å². The summed E-state index contributed by atoms with van der Waals surface area (Å²) in [5.41, 5.74) is 3.06. The summed E-state index contributed by atoms with van der Waals surface area (Å²) in [6.45, 7) is 5.72. The smallest absolute Gasteiger partial charge is 0.332 e. The first-order valence-electron chi connectivity index (χ1n) is 5.23. The van der Waals surface area contributed by atoms with E-state index in [1.54, 1.807) is 6.21 Å². The first-order valence-corrected chi connectivity index (χ1v) is 6.03. The molecule has 0 saturated carbocycles. The first kappa shape index (κ1) is 13.7. The van der Waals surface area contributed by atoms with Crippen molar-refractivity contribution in [2.75, 3.05) is 0 Å². The number of halogens is 1. The molecule has 0 aliphatic carbocycles. The van der Waals surface area contributed by atoms with Crippen LogP contribution in [0.1, 0.15) is 26.3 Å². The maximum absolute atomic E-state index is 11.4. The van der Waals surface area contributed by atoms with Gasteiger partial charge in [0.15, 0.2) is 0 Å². The highest BCUT2D eigenvalue weighted by atomic mass is 79.9. The predicted molar refractivity (Wildman–Crippen MR) is 73.2 cm³/mol. The molecule has 0 saturated heterocycles. The highest BCUT2D eigenvalue weighted by Crippen LogP contribution is 2.08. The molecule has 1 aromatic rings. The summed E-state index contributed by atoms with van der Waals surface area (Å²) in [4.78, 5) is 11.4. The Morgan fingerprint density at radius 2 is 1.88 bits per heavy atom. The second-order valence-corrected chi connectivity index (χ2v) is 5.54. The molecule has 0 fully saturated rings. The van der Waals surface area contributed by atoms with Crippen LogP contribution in [0.15, 0.2) is 33.8 Å². The molecule has 0 radical (unpaired) electrons. The number of benzene rings is 1. The van der Waals surface area contributed by atoms with E-state index in [1.165, 1.54) is 0 Å². The van der Waals surface area contributed by atoms with Crippen molar-refractivity contribution in [2.45, 2.75) is 26.3 Å². The van der Waals surface area contributed by atoms with Gasteiger partial charge in [-0.2, -0.15) is 5.10 Å². The van der Waals surface area contributed by atoms with Crippen molar-refractivity contribution in [3.8, 4) is 0 Å². The Hall–Kier alpha value is -1.36. The van der Waals surface area contributed by atoms with Crippen molar-refractivity contribution in [3.05, 3.63) is 34.3 Å². The number of carbonyl (C=O) groups is 1. The summed E-state index contributed by atoms with van der Waals surface area (Å²) in [6.07, 6.45) is 1.59. The summed E-state index contributed by atoms with van der Waals surface area (Å²) in [6, 6.07) is 7.31. The van der Waals surface area contributed by atoms with Crippen LogP contribution in [-0.4, -0.2) is 17.8 Å². The molecule has 1 rings (SSSR count). The van der Waals surface area contributed by atoms with Gasteiger partial charge in [-0.1, -0.05) is 28.1 Å². The molecule has 0 bridgehead atoms. The predicted octanol–water partition coefficient (Wildman–Crippen LogP) is 2.88. The van der Waals surface area contributed by atoms with Gasteiger partial charge in [-0.05, 0) is 38.5 Å². The second kappa shape index (κ2) is 5.82. The number of nitrogens with one attached hydrogen (secondary N) is 2. The minimum absolute atomic E-state index is 0.267. The molecule has 2 N–H and O–H groups in total. The molecule has 1 aromatic carbocycles. The van der Waals surface area contributed by atoms with Crippen molar-refractivity contribution in [1.29, 1.82) is 0 Å². The topological polar surface area (TPSA) is 53.5 Å². The first-order chi connectivity index (χ1) is 7.87. The van der Waals surface area contributed by atoms with E-state index in [2.05, 4.69) is 31.8 Å². The minimum Gasteiger partial charge on any atom is -0.332 e. The zero-order chi connectivity index (χ0) is 12.9. The summed E-state index contributed by atoms with van der Waals surface area (Å²) in [5, 5.41) is 6.60. The largest absolute Gasteiger partial charge is 0.335 e. The number of urea groups is 1. The molecule has 0 heterocycles. The lowest BCUT2D eigenvalue weighted by Crippen LogP contribution is -2.44. The third-order valence-electron chi connectivity index (χ3n) is 1.74. The quantitative estimate of drug-likeness (QED) is 0.640. The average Bonchev–Trinajstić information content (AvgIpc) is 2.18. The number of hydrogen-bond acceptors (Lipinski definition) is 2. The Morgan fingerprint density at radius 3 is 2.41 bits per heavy atom. The Morgan fingerprint density at radius 1 is 1.29 bits per heavy atom. The van der Waals surface area contributed by atoms with Gasteiger partial charge in [-0.3, -0.25) is 0 Å². The Labute approximate surface area is 110 Å². The van der Waals surface area contributed by atoms with Gasteiger partial charge in [0.1, 0.15) is 0 Å². The van der Waals surface area contributed by atoms with Crippen LogP contribution in [0.3, 0.4) is 0 Å². The molecule has 0 spiro atoms. The molecule has 17 heavy (non-hydrogen) atoms. The summed E-state index contributed by atoms with van der Waals surface area (Å²) in [7, 11) is 0. The maximum Gasteiger partial charge on any atom is 0.335 e. The van der Waals surface area contributed by atoms with Crippen LogP contribution >= 0.6 is 15.9 Å². The van der Waals surface area contributed by atoms with Crippen molar-refractivity contribution in [2.24, 2.45) is 5.10 Å². The van der Waals surface area contributed by atoms with Gasteiger partial charge in [-0.15, -0.1) is 0 Å². The van der Waals surface area contributed by atoms with Crippen LogP contribution in [0, 0.1) is 0 Å². The molecule has 0 aliphatic rings. The van der Waals surface area contributed by atoms with Gasteiger partial charge in [0.05, 0.1) is 6.21 Å². The number of nitrogens with zero attached hydrogens (tertiary/aromatic N) is 1. The van der Waals surface area contributed by atoms with E-state index < -0.39 is 0 Å². The number of rotatable bonds is 2. The van der Waals surface area contributed by atoms with Gasteiger partial charge in [0.2, 0.25) is 0 Å². The highest BCUT2D eigenvalue weighted by molar-refractivity contribution is 9.10. The van der Waals surface area contributed by atoms with Gasteiger partial charge in [0, 0.05) is 10.0 Å². The van der Waals surface area contributed by atoms with Crippen LogP contribution in [0.2, 0.25) is 0 Å². The standard InChI is InChI=1S/C12H16BrN3O/c1-12(2,3)15-11(17)16-14-8-9-4-6-10(13)7-5-9/h4-8H,1-3H3,(H2,15,16,17). The maximum atomic E-state index is 11.4. The third kappa shape index (κ3) is 6.06. The summed E-state index contributed by atoms with van der Waals surface area (Å²) < 4.78 is 1.01. The molecule has 0 aromatic heterocycles. The molecule has 0 atom stereocenters. The molecule has 0 unspecified atom stereocenters. The fourth-order valence-electron chi connectivity index (χ4n) is 1.08. The molecule has 2 amide bonds. The minimum atomic E-state index is -0.314. The average molecular weight is 298 g/mol. The number of amides is 2. The number of hydrazone groups is 1. The van der Waals surface area contributed by atoms with Crippen molar-refractivity contribution in [3.63, 3.8) is 0 Å². The van der Waals surface area contributed by atoms with Gasteiger partial charge >= 0.3 is 6.03 Å². The van der Waals surface area contributed by atoms with Crippen LogP contribution in [-0.2, 0) is 0 Å². The molecule has 0 aliphatic heterocycles. The van der Waals surface area contributed by atoms with Gasteiger partial charge < -0.3 is 5.32 Å². The Balaban J connectivity index is 2.45. The fourth-order valence-corrected chi connectivity index (χ4v) is 1.35. The van der Waals surface area contributed by atoms with E-state index in [9.17, 15) is 4.79 Å². The lowest BCUT2D eigenvalue weighted by Gasteiger charge is -2.19. The van der Waals surface area contributed by atoms with E-state index in [0.29, 0.717) is 0 Å². The normalized spacial score (nSPS) is 11.5. The van der Waals surface area contributed by atoms with E-state index >= 15 is 0 Å². The van der Waals surface area contributed by atoms with Crippen LogP contribution < -0.4 is 10.7 Å². The van der Waals surface area contributed by atoms with E-state index in [-0.39, 0.29) is 11.6 Å². The van der Waals surface area contributed by atoms with Crippen LogP contribution in [0.25, 0.3) is 0 Å². The fraction of sp³-hybridized carbons (Fsp3) is 0.333. The lowest BCUT2D eigenvalue weighted by atomic mass is 10.1. The van der Waals surface area contributed by atoms with Crippen LogP contribution in [0.4, 0.5) is 4.79 Å². The zero-order valence-electron chi connectivity index (χ0n) is 10.1. The Bertz CT molecular complexity index is 407. The van der Waals surface area contributed by atoms with Gasteiger partial charge in [0.25, 0.3) is 0 Å². The SMILES string of the molecule is CC(C)(C)NC(=O)NN=Cc1ccc(Br)cc1. The number of hydrogen-bond donors (Lipinski definition) is 2. The molecular formula is C12H16BrN3O. The molecule has 92 valence electrons. The van der Waals surface area contributed by atoms with Crippen molar-refractivity contribution in [1.82, 2.24) is 10.7 Å². The van der Waals surface area contributed by atoms with Crippen molar-refractivity contribution >= 4 is 28.2 Å². The second-order valence-electron chi connectivity index (χ2n) is 4.63. The molecule has 4 nitrogen and oxygen atoms in total. The molecular weight excluding hydrogens is 282 g/mol. The third-order valence-corrected chi connectivity index (χ3v) is 2.27. The zero-order valence-corrected chi connectivity index (χ0v) is 11.7. The van der Waals surface area contributed by atoms with Crippen LogP contribution in [0.5, 0.6) is 0 Å². The van der Waals surface area contributed by atoms with Crippen molar-refractivity contribution < 1.29 is 4.79 Å².